The molecule has 4 nitrogen and oxygen atoms in total. The molecule has 1 aliphatic heterocycles. The zero-order chi connectivity index (χ0) is 20.5. The van der Waals surface area contributed by atoms with Gasteiger partial charge in [-0.15, -0.1) is 0 Å². The number of carboxylic acids is 1. The van der Waals surface area contributed by atoms with Crippen LogP contribution in [0.5, 0.6) is 5.75 Å². The van der Waals surface area contributed by atoms with Crippen molar-refractivity contribution in [2.75, 3.05) is 5.32 Å². The lowest BCUT2D eigenvalue weighted by Crippen LogP contribution is -2.29. The van der Waals surface area contributed by atoms with Crippen LogP contribution in [-0.2, 0) is 6.61 Å². The van der Waals surface area contributed by atoms with Gasteiger partial charge in [-0.1, -0.05) is 60.7 Å². The largest absolute Gasteiger partial charge is 0.489 e. The van der Waals surface area contributed by atoms with Gasteiger partial charge in [-0.2, -0.15) is 0 Å². The number of aromatic carboxylic acids is 1. The first-order chi connectivity index (χ1) is 14.7. The van der Waals surface area contributed by atoms with Crippen LogP contribution in [0.1, 0.15) is 45.4 Å². The van der Waals surface area contributed by atoms with Gasteiger partial charge in [0.05, 0.1) is 11.6 Å². The van der Waals surface area contributed by atoms with Gasteiger partial charge in [0, 0.05) is 17.2 Å². The molecule has 1 aliphatic carbocycles. The molecule has 0 amide bonds. The Morgan fingerprint density at radius 3 is 2.63 bits per heavy atom. The van der Waals surface area contributed by atoms with Crippen molar-refractivity contribution in [3.8, 4) is 5.75 Å². The molecule has 30 heavy (non-hydrogen) atoms. The van der Waals surface area contributed by atoms with Crippen LogP contribution in [0, 0.1) is 5.92 Å². The summed E-state index contributed by atoms with van der Waals surface area (Å²) in [5.41, 5.74) is 4.67. The number of ether oxygens (including phenoxy) is 1. The summed E-state index contributed by atoms with van der Waals surface area (Å²) in [6, 6.07) is 23.8. The Labute approximate surface area is 175 Å². The van der Waals surface area contributed by atoms with Crippen molar-refractivity contribution in [2.24, 2.45) is 5.92 Å². The lowest BCUT2D eigenvalue weighted by molar-refractivity contribution is 0.0696. The van der Waals surface area contributed by atoms with Crippen LogP contribution in [0.4, 0.5) is 5.69 Å². The number of fused-ring (bicyclic) bond motifs is 3. The van der Waals surface area contributed by atoms with Gasteiger partial charge < -0.3 is 15.2 Å². The van der Waals surface area contributed by atoms with E-state index in [0.29, 0.717) is 18.1 Å². The predicted molar refractivity (Wildman–Crippen MR) is 117 cm³/mol. The van der Waals surface area contributed by atoms with Gasteiger partial charge in [-0.05, 0) is 47.7 Å². The first-order valence-electron chi connectivity index (χ1n) is 10.3. The number of allylic oxidation sites excluding steroid dienone is 2. The van der Waals surface area contributed by atoms with Crippen molar-refractivity contribution in [3.05, 3.63) is 107 Å². The van der Waals surface area contributed by atoms with Gasteiger partial charge >= 0.3 is 5.97 Å². The van der Waals surface area contributed by atoms with Gasteiger partial charge in [0.15, 0.2) is 0 Å². The molecule has 1 heterocycles. The summed E-state index contributed by atoms with van der Waals surface area (Å²) >= 11 is 0. The minimum Gasteiger partial charge on any atom is -0.489 e. The Bertz CT molecular complexity index is 1110. The van der Waals surface area contributed by atoms with E-state index in [2.05, 4.69) is 35.7 Å². The maximum Gasteiger partial charge on any atom is 0.335 e. The van der Waals surface area contributed by atoms with Crippen LogP contribution in [0.2, 0.25) is 0 Å². The molecule has 0 spiro atoms. The highest BCUT2D eigenvalue weighted by Gasteiger charge is 2.39. The highest BCUT2D eigenvalue weighted by atomic mass is 16.5. The molecule has 3 atom stereocenters. The number of nitrogens with one attached hydrogen (secondary N) is 1. The van der Waals surface area contributed by atoms with Gasteiger partial charge in [0.25, 0.3) is 0 Å². The van der Waals surface area contributed by atoms with Crippen LogP contribution >= 0.6 is 0 Å². The summed E-state index contributed by atoms with van der Waals surface area (Å²) < 4.78 is 6.23. The number of rotatable bonds is 5. The summed E-state index contributed by atoms with van der Waals surface area (Å²) in [5.74, 6) is 0.518. The van der Waals surface area contributed by atoms with Crippen LogP contribution in [0.15, 0.2) is 84.9 Å². The smallest absolute Gasteiger partial charge is 0.335 e. The summed E-state index contributed by atoms with van der Waals surface area (Å²) in [5, 5.41) is 13.1. The van der Waals surface area contributed by atoms with E-state index < -0.39 is 5.97 Å². The highest BCUT2D eigenvalue weighted by molar-refractivity contribution is 5.89. The molecule has 5 rings (SSSR count). The Hall–Kier alpha value is -3.53. The lowest BCUT2D eigenvalue weighted by Gasteiger charge is -2.38. The number of benzene rings is 3. The molecule has 2 aliphatic rings. The van der Waals surface area contributed by atoms with Crippen LogP contribution in [0.3, 0.4) is 0 Å². The van der Waals surface area contributed by atoms with Crippen molar-refractivity contribution in [3.63, 3.8) is 0 Å². The lowest BCUT2D eigenvalue weighted by atomic mass is 9.76. The average molecular weight is 397 g/mol. The van der Waals surface area contributed by atoms with Crippen LogP contribution in [-0.4, -0.2) is 11.1 Å². The molecule has 0 bridgehead atoms. The van der Waals surface area contributed by atoms with Gasteiger partial charge in [-0.3, -0.25) is 0 Å². The zero-order valence-electron chi connectivity index (χ0n) is 16.5. The number of carboxylic acid groups (broad SMARTS) is 1. The van der Waals surface area contributed by atoms with Gasteiger partial charge in [-0.25, -0.2) is 4.79 Å². The van der Waals surface area contributed by atoms with Crippen molar-refractivity contribution in [1.82, 2.24) is 0 Å². The van der Waals surface area contributed by atoms with Crippen molar-refractivity contribution >= 4 is 11.7 Å². The molecule has 0 fully saturated rings. The summed E-state index contributed by atoms with van der Waals surface area (Å²) in [4.78, 5) is 11.4. The van der Waals surface area contributed by atoms with Crippen LogP contribution < -0.4 is 10.1 Å². The molecule has 150 valence electrons. The SMILES string of the molecule is O=C(O)c1ccc2c(c1)[C@@H]1C=CC[C@H]1[C@@H](c1ccccc1OCc1ccccc1)N2. The Morgan fingerprint density at radius 2 is 1.80 bits per heavy atom. The Balaban J connectivity index is 1.47. The van der Waals surface area contributed by atoms with Crippen molar-refractivity contribution in [2.45, 2.75) is 25.0 Å². The maximum absolute atomic E-state index is 11.4. The monoisotopic (exact) mass is 397 g/mol. The molecule has 3 aromatic carbocycles. The second kappa shape index (κ2) is 7.71. The van der Waals surface area contributed by atoms with Crippen molar-refractivity contribution in [1.29, 1.82) is 0 Å². The zero-order valence-corrected chi connectivity index (χ0v) is 16.5. The second-order valence-electron chi connectivity index (χ2n) is 7.89. The average Bonchev–Trinajstić information content (AvgIpc) is 3.28. The third-order valence-corrected chi connectivity index (χ3v) is 6.10. The van der Waals surface area contributed by atoms with Crippen molar-refractivity contribution < 1.29 is 14.6 Å². The van der Waals surface area contributed by atoms with E-state index >= 15 is 0 Å². The third-order valence-electron chi connectivity index (χ3n) is 6.10. The van der Waals surface area contributed by atoms with E-state index in [-0.39, 0.29) is 12.0 Å². The van der Waals surface area contributed by atoms with E-state index in [0.717, 1.165) is 34.5 Å². The fraction of sp³-hybridized carbons (Fsp3) is 0.192. The van der Waals surface area contributed by atoms with Gasteiger partial charge in [0.2, 0.25) is 0 Å². The third kappa shape index (κ3) is 3.35. The predicted octanol–water partition coefficient (Wildman–Crippen LogP) is 5.79. The Kier molecular flexibility index (Phi) is 4.75. The molecule has 0 radical (unpaired) electrons. The Morgan fingerprint density at radius 1 is 1.00 bits per heavy atom. The molecule has 2 N–H and O–H groups in total. The molecule has 4 heteroatoms. The topological polar surface area (TPSA) is 58.6 Å². The maximum atomic E-state index is 11.4. The fourth-order valence-corrected chi connectivity index (χ4v) is 4.64. The van der Waals surface area contributed by atoms with E-state index in [4.69, 9.17) is 4.74 Å². The van der Waals surface area contributed by atoms with Crippen LogP contribution in [0.25, 0.3) is 0 Å². The van der Waals surface area contributed by atoms with E-state index in [1.54, 1.807) is 6.07 Å². The number of hydrogen-bond acceptors (Lipinski definition) is 3. The number of hydrogen-bond donors (Lipinski definition) is 2. The van der Waals surface area contributed by atoms with E-state index in [1.165, 1.54) is 0 Å². The summed E-state index contributed by atoms with van der Waals surface area (Å²) in [6.07, 6.45) is 5.38. The number of para-hydroxylation sites is 1. The first-order valence-corrected chi connectivity index (χ1v) is 10.3. The summed E-state index contributed by atoms with van der Waals surface area (Å²) in [7, 11) is 0. The molecule has 0 unspecified atom stereocenters. The molecule has 0 aromatic heterocycles. The van der Waals surface area contributed by atoms with E-state index in [9.17, 15) is 9.90 Å². The minimum atomic E-state index is -0.891. The molecule has 0 saturated heterocycles. The van der Waals surface area contributed by atoms with Gasteiger partial charge in [0.1, 0.15) is 12.4 Å². The first kappa shape index (κ1) is 18.5. The molecular weight excluding hydrogens is 374 g/mol. The standard InChI is InChI=1S/C26H23NO3/c28-26(29)18-13-14-23-22(15-18)19-10-6-11-20(19)25(27-23)21-9-4-5-12-24(21)30-16-17-7-2-1-3-8-17/h1-10,12-15,19-20,25,27H,11,16H2,(H,28,29)/t19-,20-,25+/m1/s1. The number of carbonyl (C=O) groups is 1. The summed E-state index contributed by atoms with van der Waals surface area (Å²) in [6.45, 7) is 0.523. The fourth-order valence-electron chi connectivity index (χ4n) is 4.64. The van der Waals surface area contributed by atoms with E-state index in [1.807, 2.05) is 48.5 Å². The minimum absolute atomic E-state index is 0.0974. The quantitative estimate of drug-likeness (QED) is 0.535. The highest BCUT2D eigenvalue weighted by Crippen LogP contribution is 2.51. The number of anilines is 1. The normalized spacial score (nSPS) is 21.4. The second-order valence-corrected chi connectivity index (χ2v) is 7.89. The molecular formula is C26H23NO3. The molecule has 0 saturated carbocycles. The molecule has 3 aromatic rings.